The number of benzene rings is 2. The van der Waals surface area contributed by atoms with Gasteiger partial charge in [-0.2, -0.15) is 0 Å². The quantitative estimate of drug-likeness (QED) is 0.731. The number of hydrogen-bond donors (Lipinski definition) is 1. The molecule has 0 aliphatic carbocycles. The molecule has 8 heteroatoms. The van der Waals surface area contributed by atoms with Gasteiger partial charge in [0.15, 0.2) is 17.7 Å². The third kappa shape index (κ3) is 3.66. The molecular formula is C20H19F2N3O3. The summed E-state index contributed by atoms with van der Waals surface area (Å²) in [7, 11) is 1.71. The van der Waals surface area contributed by atoms with Crippen LogP contribution in [0.15, 0.2) is 53.3 Å². The Labute approximate surface area is 160 Å². The lowest BCUT2D eigenvalue weighted by atomic mass is 10.3. The zero-order valence-corrected chi connectivity index (χ0v) is 15.6. The Kier molecular flexibility index (Phi) is 5.30. The van der Waals surface area contributed by atoms with E-state index in [2.05, 4.69) is 5.32 Å². The lowest BCUT2D eigenvalue weighted by Crippen LogP contribution is -2.32. The fourth-order valence-corrected chi connectivity index (χ4v) is 2.74. The van der Waals surface area contributed by atoms with Crippen molar-refractivity contribution >= 4 is 11.6 Å². The molecule has 28 heavy (non-hydrogen) atoms. The number of carbonyl (C=O) groups is 1. The zero-order chi connectivity index (χ0) is 20.4. The molecule has 1 heterocycles. The summed E-state index contributed by atoms with van der Waals surface area (Å²) in [4.78, 5) is 25.3. The molecule has 0 aliphatic heterocycles. The number of hydrogen-bond acceptors (Lipinski definition) is 3. The Balaban J connectivity index is 1.82. The first-order chi connectivity index (χ1) is 13.3. The molecule has 0 spiro atoms. The summed E-state index contributed by atoms with van der Waals surface area (Å²) >= 11 is 0. The highest BCUT2D eigenvalue weighted by Gasteiger charge is 2.22. The van der Waals surface area contributed by atoms with E-state index in [0.29, 0.717) is 11.4 Å². The number of aromatic nitrogens is 2. The van der Waals surface area contributed by atoms with Gasteiger partial charge < -0.3 is 10.1 Å². The highest BCUT2D eigenvalue weighted by Crippen LogP contribution is 2.18. The van der Waals surface area contributed by atoms with E-state index in [-0.39, 0.29) is 17.0 Å². The minimum atomic E-state index is -1.07. The summed E-state index contributed by atoms with van der Waals surface area (Å²) in [6, 6.07) is 12.0. The molecule has 1 N–H and O–H groups in total. The van der Waals surface area contributed by atoms with E-state index in [1.807, 2.05) is 6.07 Å². The number of carbonyl (C=O) groups excluding carboxylic acids is 1. The van der Waals surface area contributed by atoms with Gasteiger partial charge in [-0.3, -0.25) is 14.3 Å². The van der Waals surface area contributed by atoms with Crippen molar-refractivity contribution in [2.45, 2.75) is 20.0 Å². The fraction of sp³-hybridized carbons (Fsp3) is 0.200. The van der Waals surface area contributed by atoms with Gasteiger partial charge in [-0.05, 0) is 38.1 Å². The summed E-state index contributed by atoms with van der Waals surface area (Å²) in [5.41, 5.74) is 0.948. The van der Waals surface area contributed by atoms with Crippen LogP contribution < -0.4 is 15.6 Å². The van der Waals surface area contributed by atoms with Crippen LogP contribution in [0.25, 0.3) is 5.69 Å². The van der Waals surface area contributed by atoms with Gasteiger partial charge in [0.2, 0.25) is 0 Å². The molecular weight excluding hydrogens is 368 g/mol. The molecule has 0 bridgehead atoms. The van der Waals surface area contributed by atoms with Crippen LogP contribution in [0.1, 0.15) is 12.6 Å². The molecule has 3 rings (SSSR count). The predicted octanol–water partition coefficient (Wildman–Crippen LogP) is 3.17. The Morgan fingerprint density at radius 3 is 2.43 bits per heavy atom. The van der Waals surface area contributed by atoms with E-state index in [9.17, 15) is 18.4 Å². The first kappa shape index (κ1) is 19.3. The van der Waals surface area contributed by atoms with Crippen molar-refractivity contribution in [2.24, 2.45) is 7.05 Å². The minimum absolute atomic E-state index is 0.00744. The SMILES string of the molecule is Cc1c(NC(=O)C(C)Oc2ccc(F)c(F)c2)c(=O)n(-c2ccccc2)n1C. The van der Waals surface area contributed by atoms with Crippen LogP contribution in [0, 0.1) is 18.6 Å². The molecule has 0 radical (unpaired) electrons. The number of halogens is 2. The number of ether oxygens (including phenoxy) is 1. The second kappa shape index (κ2) is 7.67. The number of nitrogens with zero attached hydrogens (tertiary/aromatic N) is 2. The second-order valence-electron chi connectivity index (χ2n) is 6.26. The van der Waals surface area contributed by atoms with Gasteiger partial charge in [0.1, 0.15) is 11.4 Å². The normalized spacial score (nSPS) is 11.9. The van der Waals surface area contributed by atoms with Crippen molar-refractivity contribution in [3.05, 3.63) is 76.2 Å². The van der Waals surface area contributed by atoms with Crippen molar-refractivity contribution in [1.29, 1.82) is 0 Å². The summed E-state index contributed by atoms with van der Waals surface area (Å²) in [5, 5.41) is 2.57. The molecule has 1 aromatic heterocycles. The Hall–Kier alpha value is -3.42. The van der Waals surface area contributed by atoms with Crippen LogP contribution in [0.4, 0.5) is 14.5 Å². The van der Waals surface area contributed by atoms with Crippen LogP contribution in [0.3, 0.4) is 0 Å². The van der Waals surface area contributed by atoms with Gasteiger partial charge in [-0.15, -0.1) is 0 Å². The maximum absolute atomic E-state index is 13.3. The lowest BCUT2D eigenvalue weighted by molar-refractivity contribution is -0.122. The molecule has 0 saturated heterocycles. The van der Waals surface area contributed by atoms with E-state index >= 15 is 0 Å². The van der Waals surface area contributed by atoms with Gasteiger partial charge in [-0.1, -0.05) is 18.2 Å². The van der Waals surface area contributed by atoms with E-state index < -0.39 is 23.6 Å². The molecule has 0 saturated carbocycles. The average molecular weight is 387 g/mol. The van der Waals surface area contributed by atoms with Crippen LogP contribution in [0.2, 0.25) is 0 Å². The number of nitrogens with one attached hydrogen (secondary N) is 1. The van der Waals surface area contributed by atoms with Gasteiger partial charge in [0, 0.05) is 13.1 Å². The van der Waals surface area contributed by atoms with Crippen molar-refractivity contribution < 1.29 is 18.3 Å². The van der Waals surface area contributed by atoms with Gasteiger partial charge in [0.05, 0.1) is 11.4 Å². The summed E-state index contributed by atoms with van der Waals surface area (Å²) in [5.74, 6) is -2.66. The first-order valence-corrected chi connectivity index (χ1v) is 8.56. The third-order valence-electron chi connectivity index (χ3n) is 4.38. The highest BCUT2D eigenvalue weighted by molar-refractivity contribution is 5.94. The van der Waals surface area contributed by atoms with Gasteiger partial charge in [0.25, 0.3) is 11.5 Å². The largest absolute Gasteiger partial charge is 0.481 e. The summed E-state index contributed by atoms with van der Waals surface area (Å²) in [6.07, 6.45) is -1.03. The second-order valence-corrected chi connectivity index (χ2v) is 6.26. The predicted molar refractivity (Wildman–Crippen MR) is 101 cm³/mol. The third-order valence-corrected chi connectivity index (χ3v) is 4.38. The number of rotatable bonds is 5. The summed E-state index contributed by atoms with van der Waals surface area (Å²) in [6.45, 7) is 3.15. The molecule has 0 fully saturated rings. The van der Waals surface area contributed by atoms with Gasteiger partial charge in [-0.25, -0.2) is 13.5 Å². The maximum atomic E-state index is 13.3. The number of anilines is 1. The minimum Gasteiger partial charge on any atom is -0.481 e. The van der Waals surface area contributed by atoms with E-state index in [1.54, 1.807) is 42.9 Å². The molecule has 0 aliphatic rings. The Morgan fingerprint density at radius 2 is 1.79 bits per heavy atom. The first-order valence-electron chi connectivity index (χ1n) is 8.56. The van der Waals surface area contributed by atoms with Crippen molar-refractivity contribution in [1.82, 2.24) is 9.36 Å². The van der Waals surface area contributed by atoms with E-state index in [1.165, 1.54) is 17.7 Å². The molecule has 1 unspecified atom stereocenters. The monoisotopic (exact) mass is 387 g/mol. The maximum Gasteiger partial charge on any atom is 0.295 e. The molecule has 3 aromatic rings. The molecule has 2 aromatic carbocycles. The van der Waals surface area contributed by atoms with Crippen LogP contribution in [-0.4, -0.2) is 21.4 Å². The zero-order valence-electron chi connectivity index (χ0n) is 15.6. The topological polar surface area (TPSA) is 65.3 Å². The Bertz CT molecular complexity index is 1070. The highest BCUT2D eigenvalue weighted by atomic mass is 19.2. The Morgan fingerprint density at radius 1 is 1.11 bits per heavy atom. The van der Waals surface area contributed by atoms with Gasteiger partial charge >= 0.3 is 0 Å². The lowest BCUT2D eigenvalue weighted by Gasteiger charge is -2.14. The van der Waals surface area contributed by atoms with Crippen molar-refractivity contribution in [3.63, 3.8) is 0 Å². The number of amides is 1. The molecule has 6 nitrogen and oxygen atoms in total. The van der Waals surface area contributed by atoms with Crippen LogP contribution in [0.5, 0.6) is 5.75 Å². The average Bonchev–Trinajstić information content (AvgIpc) is 2.88. The smallest absolute Gasteiger partial charge is 0.295 e. The van der Waals surface area contributed by atoms with Crippen molar-refractivity contribution in [3.8, 4) is 11.4 Å². The van der Waals surface area contributed by atoms with E-state index in [4.69, 9.17) is 4.74 Å². The fourth-order valence-electron chi connectivity index (χ4n) is 2.74. The van der Waals surface area contributed by atoms with Crippen molar-refractivity contribution in [2.75, 3.05) is 5.32 Å². The van der Waals surface area contributed by atoms with Crippen LogP contribution >= 0.6 is 0 Å². The van der Waals surface area contributed by atoms with Crippen LogP contribution in [-0.2, 0) is 11.8 Å². The standard InChI is InChI=1S/C20H19F2N3O3/c1-12-18(20(27)25(24(12)3)14-7-5-4-6-8-14)23-19(26)13(2)28-15-9-10-16(21)17(22)11-15/h4-11,13H,1-3H3,(H,23,26). The molecule has 1 atom stereocenters. The van der Waals surface area contributed by atoms with E-state index in [0.717, 1.165) is 12.1 Å². The molecule has 146 valence electrons. The number of para-hydroxylation sites is 1. The molecule has 1 amide bonds. The summed E-state index contributed by atoms with van der Waals surface area (Å²) < 4.78 is 34.7.